The Morgan fingerprint density at radius 3 is 2.44 bits per heavy atom. The number of thiazole rings is 1. The molecule has 4 rings (SSSR count). The van der Waals surface area contributed by atoms with Gasteiger partial charge in [0.1, 0.15) is 5.69 Å². The van der Waals surface area contributed by atoms with Gasteiger partial charge in [0, 0.05) is 30.6 Å². The third-order valence-electron chi connectivity index (χ3n) is 4.71. The molecule has 2 aromatic heterocycles. The molecule has 0 bridgehead atoms. The average Bonchev–Trinajstić information content (AvgIpc) is 3.54. The van der Waals surface area contributed by atoms with Crippen molar-refractivity contribution < 1.29 is 19.1 Å². The molecule has 0 spiro atoms. The highest BCUT2D eigenvalue weighted by atomic mass is 32.1. The Hall–Kier alpha value is -3.28. The molecule has 0 aliphatic carbocycles. The molecule has 0 atom stereocenters. The molecule has 1 aromatic carbocycles. The lowest BCUT2D eigenvalue weighted by Crippen LogP contribution is -2.42. The Balaban J connectivity index is 1.25. The summed E-state index contributed by atoms with van der Waals surface area (Å²) < 4.78 is 5.32. The van der Waals surface area contributed by atoms with Gasteiger partial charge in [0.05, 0.1) is 18.1 Å². The van der Waals surface area contributed by atoms with Gasteiger partial charge in [0.15, 0.2) is 5.13 Å². The zero-order valence-corrected chi connectivity index (χ0v) is 18.6. The molecular formula is C21H21N5O4S2. The van der Waals surface area contributed by atoms with Crippen LogP contribution in [-0.2, 0) is 11.3 Å². The Morgan fingerprint density at radius 1 is 0.969 bits per heavy atom. The van der Waals surface area contributed by atoms with Gasteiger partial charge in [-0.25, -0.2) is 4.98 Å². The lowest BCUT2D eigenvalue weighted by atomic mass is 10.1. The van der Waals surface area contributed by atoms with Crippen LogP contribution in [0.25, 0.3) is 0 Å². The molecule has 3 N–H and O–H groups in total. The minimum absolute atomic E-state index is 0.136. The quantitative estimate of drug-likeness (QED) is 0.475. The van der Waals surface area contributed by atoms with E-state index >= 15 is 0 Å². The first-order valence-electron chi connectivity index (χ1n) is 9.90. The van der Waals surface area contributed by atoms with Crippen LogP contribution >= 0.6 is 22.7 Å². The summed E-state index contributed by atoms with van der Waals surface area (Å²) in [6.07, 6.45) is 0. The van der Waals surface area contributed by atoms with Gasteiger partial charge in [-0.05, 0) is 29.1 Å². The molecule has 9 nitrogen and oxygen atoms in total. The van der Waals surface area contributed by atoms with Crippen molar-refractivity contribution in [2.75, 3.05) is 31.2 Å². The van der Waals surface area contributed by atoms with E-state index in [1.807, 2.05) is 11.4 Å². The highest BCUT2D eigenvalue weighted by Gasteiger charge is 2.18. The minimum Gasteiger partial charge on any atom is -0.378 e. The molecule has 1 fully saturated rings. The van der Waals surface area contributed by atoms with Crippen molar-refractivity contribution in [1.82, 2.24) is 21.2 Å². The van der Waals surface area contributed by atoms with Crippen LogP contribution in [0.5, 0.6) is 0 Å². The summed E-state index contributed by atoms with van der Waals surface area (Å²) in [7, 11) is 0. The summed E-state index contributed by atoms with van der Waals surface area (Å²) in [6, 6.07) is 10.3. The number of carbonyl (C=O) groups excluding carboxylic acids is 3. The number of hydrazine groups is 1. The Morgan fingerprint density at radius 2 is 1.72 bits per heavy atom. The van der Waals surface area contributed by atoms with Crippen LogP contribution in [0, 0.1) is 0 Å². The van der Waals surface area contributed by atoms with Gasteiger partial charge < -0.3 is 15.0 Å². The molecule has 32 heavy (non-hydrogen) atoms. The molecule has 0 saturated carbocycles. The van der Waals surface area contributed by atoms with E-state index in [0.717, 1.165) is 23.8 Å². The van der Waals surface area contributed by atoms with Crippen LogP contribution in [0.15, 0.2) is 47.2 Å². The van der Waals surface area contributed by atoms with Crippen molar-refractivity contribution in [1.29, 1.82) is 0 Å². The van der Waals surface area contributed by atoms with Crippen LogP contribution in [-0.4, -0.2) is 49.0 Å². The number of benzene rings is 1. The molecule has 11 heteroatoms. The van der Waals surface area contributed by atoms with Crippen LogP contribution < -0.4 is 21.1 Å². The topological polar surface area (TPSA) is 113 Å². The summed E-state index contributed by atoms with van der Waals surface area (Å²) in [5.41, 5.74) is 6.27. The van der Waals surface area contributed by atoms with Crippen molar-refractivity contribution in [2.24, 2.45) is 0 Å². The largest absolute Gasteiger partial charge is 0.378 e. The Kier molecular flexibility index (Phi) is 7.10. The molecule has 3 amide bonds. The molecular weight excluding hydrogens is 450 g/mol. The van der Waals surface area contributed by atoms with Crippen molar-refractivity contribution in [3.8, 4) is 0 Å². The zero-order chi connectivity index (χ0) is 22.3. The van der Waals surface area contributed by atoms with Gasteiger partial charge in [0.25, 0.3) is 17.7 Å². The smallest absolute Gasteiger partial charge is 0.289 e. The molecule has 0 radical (unpaired) electrons. The molecule has 1 aliphatic rings. The first kappa shape index (κ1) is 21.9. The number of anilines is 1. The third-order valence-corrected chi connectivity index (χ3v) is 6.48. The number of hydrogen-bond acceptors (Lipinski definition) is 8. The summed E-state index contributed by atoms with van der Waals surface area (Å²) in [5.74, 6) is -1.07. The normalized spacial score (nSPS) is 13.4. The zero-order valence-electron chi connectivity index (χ0n) is 17.0. The first-order chi connectivity index (χ1) is 15.6. The maximum absolute atomic E-state index is 12.3. The van der Waals surface area contributed by atoms with Gasteiger partial charge in [0.2, 0.25) is 0 Å². The van der Waals surface area contributed by atoms with E-state index in [1.165, 1.54) is 22.7 Å². The van der Waals surface area contributed by atoms with Gasteiger partial charge >= 0.3 is 0 Å². The van der Waals surface area contributed by atoms with Crippen LogP contribution in [0.4, 0.5) is 5.13 Å². The predicted molar refractivity (Wildman–Crippen MR) is 122 cm³/mol. The monoisotopic (exact) mass is 471 g/mol. The number of aromatic nitrogens is 1. The van der Waals surface area contributed by atoms with Crippen LogP contribution in [0.3, 0.4) is 0 Å². The fraction of sp³-hybridized carbons (Fsp3) is 0.238. The predicted octanol–water partition coefficient (Wildman–Crippen LogP) is 2.05. The van der Waals surface area contributed by atoms with E-state index in [4.69, 9.17) is 4.74 Å². The SMILES string of the molecule is O=C(NNC(=O)c1csc(N2CCOCC2)n1)c1ccc(CNC(=O)c2cccs2)cc1. The molecule has 0 unspecified atom stereocenters. The average molecular weight is 472 g/mol. The summed E-state index contributed by atoms with van der Waals surface area (Å²) in [5, 5.41) is 7.09. The minimum atomic E-state index is -0.484. The van der Waals surface area contributed by atoms with Gasteiger partial charge in [-0.2, -0.15) is 0 Å². The molecule has 1 aliphatic heterocycles. The number of hydrogen-bond donors (Lipinski definition) is 3. The summed E-state index contributed by atoms with van der Waals surface area (Å²) in [4.78, 5) is 43.7. The number of nitrogens with one attached hydrogen (secondary N) is 3. The van der Waals surface area contributed by atoms with Crippen molar-refractivity contribution in [2.45, 2.75) is 6.54 Å². The second-order valence-corrected chi connectivity index (χ2v) is 8.66. The van der Waals surface area contributed by atoms with Gasteiger partial charge in [-0.15, -0.1) is 22.7 Å². The third kappa shape index (κ3) is 5.49. The fourth-order valence-corrected chi connectivity index (χ4v) is 4.47. The first-order valence-corrected chi connectivity index (χ1v) is 11.7. The van der Waals surface area contributed by atoms with Crippen LogP contribution in [0.1, 0.15) is 36.1 Å². The van der Waals surface area contributed by atoms with Crippen molar-refractivity contribution >= 4 is 45.5 Å². The highest BCUT2D eigenvalue weighted by molar-refractivity contribution is 7.14. The molecule has 3 heterocycles. The molecule has 3 aromatic rings. The number of ether oxygens (including phenoxy) is 1. The second kappa shape index (κ2) is 10.4. The molecule has 1 saturated heterocycles. The van der Waals surface area contributed by atoms with E-state index in [-0.39, 0.29) is 11.6 Å². The number of carbonyl (C=O) groups is 3. The van der Waals surface area contributed by atoms with Gasteiger partial charge in [-0.3, -0.25) is 25.2 Å². The lowest BCUT2D eigenvalue weighted by molar-refractivity contribution is 0.0844. The highest BCUT2D eigenvalue weighted by Crippen LogP contribution is 2.21. The van der Waals surface area contributed by atoms with E-state index in [1.54, 1.807) is 35.7 Å². The Bertz CT molecular complexity index is 1080. The fourth-order valence-electron chi connectivity index (χ4n) is 2.97. The molecule has 166 valence electrons. The van der Waals surface area contributed by atoms with E-state index in [2.05, 4.69) is 26.1 Å². The lowest BCUT2D eigenvalue weighted by Gasteiger charge is -2.25. The van der Waals surface area contributed by atoms with E-state index < -0.39 is 11.8 Å². The summed E-state index contributed by atoms with van der Waals surface area (Å²) >= 11 is 2.76. The van der Waals surface area contributed by atoms with Crippen molar-refractivity contribution in [3.63, 3.8) is 0 Å². The van der Waals surface area contributed by atoms with Crippen molar-refractivity contribution in [3.05, 3.63) is 68.9 Å². The van der Waals surface area contributed by atoms with E-state index in [0.29, 0.717) is 30.2 Å². The number of amides is 3. The number of thiophene rings is 1. The standard InChI is InChI=1S/C21H21N5O4S2/c27-18(15-5-3-14(4-6-15)12-22-20(29)17-2-1-11-31-17)24-25-19(28)16-13-32-21(23-16)26-7-9-30-10-8-26/h1-6,11,13H,7-10,12H2,(H,22,29)(H,24,27)(H,25,28). The summed E-state index contributed by atoms with van der Waals surface area (Å²) in [6.45, 7) is 3.09. The maximum atomic E-state index is 12.3. The number of morpholine rings is 1. The number of rotatable bonds is 6. The van der Waals surface area contributed by atoms with Gasteiger partial charge in [-0.1, -0.05) is 18.2 Å². The second-order valence-electron chi connectivity index (χ2n) is 6.88. The maximum Gasteiger partial charge on any atom is 0.289 e. The van der Waals surface area contributed by atoms with Crippen LogP contribution in [0.2, 0.25) is 0 Å². The van der Waals surface area contributed by atoms with E-state index in [9.17, 15) is 14.4 Å². The number of nitrogens with zero attached hydrogens (tertiary/aromatic N) is 2. The Labute approximate surface area is 192 Å².